The second-order valence-electron chi connectivity index (χ2n) is 4.81. The predicted octanol–water partition coefficient (Wildman–Crippen LogP) is 1.90. The van der Waals surface area contributed by atoms with Gasteiger partial charge in [-0.15, -0.1) is 0 Å². The number of hydrogen-bond donors (Lipinski definition) is 0. The van der Waals surface area contributed by atoms with Crippen molar-refractivity contribution in [1.82, 2.24) is 9.88 Å². The fourth-order valence-electron chi connectivity index (χ4n) is 2.30. The van der Waals surface area contributed by atoms with Crippen LogP contribution < -0.4 is 0 Å². The summed E-state index contributed by atoms with van der Waals surface area (Å²) in [5, 5.41) is 0. The van der Waals surface area contributed by atoms with E-state index in [0.29, 0.717) is 18.2 Å². The number of aromatic nitrogens is 1. The van der Waals surface area contributed by atoms with Crippen LogP contribution in [0.25, 0.3) is 0 Å². The van der Waals surface area contributed by atoms with Gasteiger partial charge in [-0.2, -0.15) is 0 Å². The molecule has 104 valence electrons. The summed E-state index contributed by atoms with van der Waals surface area (Å²) in [6, 6.07) is 2.71. The third kappa shape index (κ3) is 4.08. The Morgan fingerprint density at radius 3 is 2.79 bits per heavy atom. The van der Waals surface area contributed by atoms with Gasteiger partial charge < -0.3 is 9.64 Å². The number of likely N-dealkylation sites (tertiary alicyclic amines) is 1. The molecule has 1 saturated heterocycles. The predicted molar refractivity (Wildman–Crippen MR) is 69.6 cm³/mol. The van der Waals surface area contributed by atoms with Gasteiger partial charge in [-0.1, -0.05) is 0 Å². The Kier molecular flexibility index (Phi) is 4.99. The largest absolute Gasteiger partial charge is 0.381 e. The van der Waals surface area contributed by atoms with Gasteiger partial charge in [0.05, 0.1) is 12.3 Å². The topological polar surface area (TPSA) is 42.4 Å². The van der Waals surface area contributed by atoms with Crippen LogP contribution in [0.15, 0.2) is 18.3 Å². The van der Waals surface area contributed by atoms with E-state index in [9.17, 15) is 9.18 Å². The van der Waals surface area contributed by atoms with Crippen LogP contribution in [0.3, 0.4) is 0 Å². The van der Waals surface area contributed by atoms with Gasteiger partial charge in [-0.3, -0.25) is 9.78 Å². The van der Waals surface area contributed by atoms with Gasteiger partial charge in [0.1, 0.15) is 11.5 Å². The number of pyridine rings is 1. The maximum atomic E-state index is 12.7. The molecule has 1 aliphatic rings. The Bertz CT molecular complexity index is 414. The number of methoxy groups -OCH3 is 1. The van der Waals surface area contributed by atoms with E-state index in [1.165, 1.54) is 12.1 Å². The SMILES string of the molecule is COC1CCN(CCC(=O)c2ccc(F)cn2)CC1. The minimum atomic E-state index is -0.418. The normalized spacial score (nSPS) is 17.6. The van der Waals surface area contributed by atoms with E-state index in [2.05, 4.69) is 9.88 Å². The molecule has 1 aliphatic heterocycles. The number of carbonyl (C=O) groups excluding carboxylic acids is 1. The molecule has 19 heavy (non-hydrogen) atoms. The summed E-state index contributed by atoms with van der Waals surface area (Å²) < 4.78 is 18.0. The molecule has 0 bridgehead atoms. The van der Waals surface area contributed by atoms with E-state index in [4.69, 9.17) is 4.74 Å². The van der Waals surface area contributed by atoms with Crippen LogP contribution in [0.5, 0.6) is 0 Å². The maximum Gasteiger partial charge on any atom is 0.182 e. The molecule has 0 atom stereocenters. The van der Waals surface area contributed by atoms with Crippen LogP contribution in [0.1, 0.15) is 29.8 Å². The first-order chi connectivity index (χ1) is 9.19. The number of carbonyl (C=O) groups is 1. The fourth-order valence-corrected chi connectivity index (χ4v) is 2.30. The summed E-state index contributed by atoms with van der Waals surface area (Å²) in [7, 11) is 1.74. The van der Waals surface area contributed by atoms with Gasteiger partial charge in [-0.25, -0.2) is 4.39 Å². The van der Waals surface area contributed by atoms with Crippen LogP contribution in [0.4, 0.5) is 4.39 Å². The molecule has 0 unspecified atom stereocenters. The van der Waals surface area contributed by atoms with Crippen LogP contribution in [0, 0.1) is 5.82 Å². The van der Waals surface area contributed by atoms with Gasteiger partial charge in [0.25, 0.3) is 0 Å². The second-order valence-corrected chi connectivity index (χ2v) is 4.81. The number of Topliss-reactive ketones (excluding diaryl/α,β-unsaturated/α-hetero) is 1. The van der Waals surface area contributed by atoms with Gasteiger partial charge in [-0.05, 0) is 25.0 Å². The fraction of sp³-hybridized carbons (Fsp3) is 0.571. The zero-order valence-electron chi connectivity index (χ0n) is 11.1. The molecule has 0 radical (unpaired) electrons. The number of ether oxygens (including phenoxy) is 1. The average molecular weight is 266 g/mol. The summed E-state index contributed by atoms with van der Waals surface area (Å²) in [6.45, 7) is 2.65. The van der Waals surface area contributed by atoms with Crippen molar-refractivity contribution in [2.75, 3.05) is 26.7 Å². The molecule has 0 aromatic carbocycles. The number of ketones is 1. The number of halogens is 1. The highest BCUT2D eigenvalue weighted by molar-refractivity contribution is 5.94. The van der Waals surface area contributed by atoms with Crippen molar-refractivity contribution in [2.24, 2.45) is 0 Å². The molecule has 0 saturated carbocycles. The lowest BCUT2D eigenvalue weighted by Gasteiger charge is -2.30. The molecule has 1 aromatic heterocycles. The van der Waals surface area contributed by atoms with Crippen molar-refractivity contribution in [3.8, 4) is 0 Å². The molecule has 0 amide bonds. The van der Waals surface area contributed by atoms with E-state index >= 15 is 0 Å². The smallest absolute Gasteiger partial charge is 0.182 e. The van der Waals surface area contributed by atoms with Crippen molar-refractivity contribution in [3.05, 3.63) is 29.8 Å². The molecule has 0 aliphatic carbocycles. The van der Waals surface area contributed by atoms with Crippen molar-refractivity contribution in [1.29, 1.82) is 0 Å². The van der Waals surface area contributed by atoms with Crippen molar-refractivity contribution >= 4 is 5.78 Å². The van der Waals surface area contributed by atoms with Crippen molar-refractivity contribution < 1.29 is 13.9 Å². The summed E-state index contributed by atoms with van der Waals surface area (Å²) in [5.41, 5.74) is 0.341. The molecule has 0 spiro atoms. The van der Waals surface area contributed by atoms with Gasteiger partial charge in [0, 0.05) is 33.2 Å². The summed E-state index contributed by atoms with van der Waals surface area (Å²) in [4.78, 5) is 17.9. The van der Waals surface area contributed by atoms with E-state index in [1.807, 2.05) is 0 Å². The lowest BCUT2D eigenvalue weighted by molar-refractivity contribution is 0.0406. The lowest BCUT2D eigenvalue weighted by Crippen LogP contribution is -2.37. The monoisotopic (exact) mass is 266 g/mol. The van der Waals surface area contributed by atoms with Crippen LogP contribution >= 0.6 is 0 Å². The highest BCUT2D eigenvalue weighted by atomic mass is 19.1. The average Bonchev–Trinajstić information content (AvgIpc) is 2.46. The van der Waals surface area contributed by atoms with Crippen molar-refractivity contribution in [2.45, 2.75) is 25.4 Å². The van der Waals surface area contributed by atoms with Crippen LogP contribution in [0.2, 0.25) is 0 Å². The van der Waals surface area contributed by atoms with E-state index < -0.39 is 5.82 Å². The lowest BCUT2D eigenvalue weighted by atomic mass is 10.1. The molecule has 1 fully saturated rings. The zero-order chi connectivity index (χ0) is 13.7. The first-order valence-corrected chi connectivity index (χ1v) is 6.59. The minimum Gasteiger partial charge on any atom is -0.381 e. The second kappa shape index (κ2) is 6.73. The molecular formula is C14H19FN2O2. The van der Waals surface area contributed by atoms with Gasteiger partial charge in [0.15, 0.2) is 5.78 Å². The third-order valence-electron chi connectivity index (χ3n) is 3.54. The maximum absolute atomic E-state index is 12.7. The molecular weight excluding hydrogens is 247 g/mol. The van der Waals surface area contributed by atoms with E-state index in [-0.39, 0.29) is 5.78 Å². The standard InChI is InChI=1S/C14H19FN2O2/c1-19-12-4-7-17(8-5-12)9-6-14(18)13-3-2-11(15)10-16-13/h2-3,10,12H,4-9H2,1H3. The summed E-state index contributed by atoms with van der Waals surface area (Å²) in [5.74, 6) is -0.452. The highest BCUT2D eigenvalue weighted by Crippen LogP contribution is 2.13. The van der Waals surface area contributed by atoms with Crippen LogP contribution in [-0.2, 0) is 4.74 Å². The third-order valence-corrected chi connectivity index (χ3v) is 3.54. The van der Waals surface area contributed by atoms with Gasteiger partial charge in [0.2, 0.25) is 0 Å². The molecule has 1 aromatic rings. The number of hydrogen-bond acceptors (Lipinski definition) is 4. The highest BCUT2D eigenvalue weighted by Gasteiger charge is 2.19. The van der Waals surface area contributed by atoms with Gasteiger partial charge >= 0.3 is 0 Å². The Hall–Kier alpha value is -1.33. The zero-order valence-corrected chi connectivity index (χ0v) is 11.1. The summed E-state index contributed by atoms with van der Waals surface area (Å²) in [6.07, 6.45) is 3.89. The van der Waals surface area contributed by atoms with Crippen molar-refractivity contribution in [3.63, 3.8) is 0 Å². The molecule has 5 heteroatoms. The first kappa shape index (κ1) is 14.1. The quantitative estimate of drug-likeness (QED) is 0.763. The minimum absolute atomic E-state index is 0.0335. The van der Waals surface area contributed by atoms with Crippen LogP contribution in [-0.4, -0.2) is 48.5 Å². The number of rotatable bonds is 5. The Morgan fingerprint density at radius 1 is 1.47 bits per heavy atom. The molecule has 4 nitrogen and oxygen atoms in total. The number of piperidine rings is 1. The molecule has 2 rings (SSSR count). The molecule has 2 heterocycles. The Labute approximate surface area is 112 Å². The Balaban J connectivity index is 1.76. The molecule has 0 N–H and O–H groups in total. The number of nitrogens with zero attached hydrogens (tertiary/aromatic N) is 2. The summed E-state index contributed by atoms with van der Waals surface area (Å²) >= 11 is 0. The van der Waals surface area contributed by atoms with E-state index in [0.717, 1.165) is 38.7 Å². The first-order valence-electron chi connectivity index (χ1n) is 6.59. The van der Waals surface area contributed by atoms with E-state index in [1.54, 1.807) is 7.11 Å². The Morgan fingerprint density at radius 2 is 2.21 bits per heavy atom.